The van der Waals surface area contributed by atoms with Gasteiger partial charge in [-0.1, -0.05) is 13.8 Å². The topological polar surface area (TPSA) is 65.5 Å². The number of aliphatic imine (C=N–C) groups is 1. The maximum absolute atomic E-state index is 11.6. The fourth-order valence-corrected chi connectivity index (χ4v) is 3.30. The molecular weight excluding hydrogens is 288 g/mol. The van der Waals surface area contributed by atoms with Gasteiger partial charge in [0.05, 0.1) is 0 Å². The van der Waals surface area contributed by atoms with Gasteiger partial charge < -0.3 is 16.0 Å². The van der Waals surface area contributed by atoms with Crippen molar-refractivity contribution in [1.29, 1.82) is 0 Å². The number of hydrogen-bond donors (Lipinski definition) is 3. The van der Waals surface area contributed by atoms with E-state index in [4.69, 9.17) is 0 Å². The van der Waals surface area contributed by atoms with Crippen molar-refractivity contribution >= 4 is 11.9 Å². The van der Waals surface area contributed by atoms with Crippen LogP contribution >= 0.6 is 0 Å². The van der Waals surface area contributed by atoms with E-state index in [1.807, 2.05) is 7.05 Å². The molecule has 5 heteroatoms. The lowest BCUT2D eigenvalue weighted by Crippen LogP contribution is -2.45. The standard InChI is InChI=1S/C18H34N4O/c1-13(2)14-6-8-16(9-7-14)22-18(19-3)20-12-4-5-17(23)21-15-10-11-15/h13-16H,4-12H2,1-3H3,(H,21,23)(H2,19,20,22). The quantitative estimate of drug-likeness (QED) is 0.383. The van der Waals surface area contributed by atoms with Gasteiger partial charge in [0.25, 0.3) is 0 Å². The van der Waals surface area contributed by atoms with E-state index in [1.165, 1.54) is 25.7 Å². The van der Waals surface area contributed by atoms with Crippen LogP contribution in [0.25, 0.3) is 0 Å². The lowest BCUT2D eigenvalue weighted by Gasteiger charge is -2.32. The second-order valence-corrected chi connectivity index (χ2v) is 7.44. The third-order valence-corrected chi connectivity index (χ3v) is 5.09. The second kappa shape index (κ2) is 9.14. The van der Waals surface area contributed by atoms with Crippen molar-refractivity contribution in [3.05, 3.63) is 0 Å². The number of guanidine groups is 1. The molecule has 0 aliphatic heterocycles. The Morgan fingerprint density at radius 3 is 2.22 bits per heavy atom. The monoisotopic (exact) mass is 322 g/mol. The molecule has 0 atom stereocenters. The van der Waals surface area contributed by atoms with Crippen molar-refractivity contribution in [2.24, 2.45) is 16.8 Å². The number of rotatable bonds is 7. The Labute approximate surface area is 141 Å². The third-order valence-electron chi connectivity index (χ3n) is 5.09. The van der Waals surface area contributed by atoms with Crippen LogP contribution < -0.4 is 16.0 Å². The predicted molar refractivity (Wildman–Crippen MR) is 95.5 cm³/mol. The highest BCUT2D eigenvalue weighted by atomic mass is 16.1. The molecule has 0 aromatic rings. The molecule has 0 unspecified atom stereocenters. The minimum atomic E-state index is 0.184. The van der Waals surface area contributed by atoms with Gasteiger partial charge in [-0.3, -0.25) is 9.79 Å². The van der Waals surface area contributed by atoms with Gasteiger partial charge in [-0.2, -0.15) is 0 Å². The molecule has 2 aliphatic carbocycles. The van der Waals surface area contributed by atoms with E-state index >= 15 is 0 Å². The van der Waals surface area contributed by atoms with Crippen molar-refractivity contribution in [1.82, 2.24) is 16.0 Å². The third kappa shape index (κ3) is 6.80. The fraction of sp³-hybridized carbons (Fsp3) is 0.889. The van der Waals surface area contributed by atoms with Crippen LogP contribution in [0.3, 0.4) is 0 Å². The summed E-state index contributed by atoms with van der Waals surface area (Å²) in [6.45, 7) is 5.45. The highest BCUT2D eigenvalue weighted by Gasteiger charge is 2.24. The molecule has 0 radical (unpaired) electrons. The van der Waals surface area contributed by atoms with Gasteiger partial charge in [-0.15, -0.1) is 0 Å². The molecule has 132 valence electrons. The molecule has 3 N–H and O–H groups in total. The van der Waals surface area contributed by atoms with Crippen LogP contribution in [0, 0.1) is 11.8 Å². The van der Waals surface area contributed by atoms with E-state index in [9.17, 15) is 4.79 Å². The predicted octanol–water partition coefficient (Wildman–Crippen LogP) is 2.42. The van der Waals surface area contributed by atoms with Crippen LogP contribution in [-0.2, 0) is 4.79 Å². The lowest BCUT2D eigenvalue weighted by atomic mass is 9.80. The maximum Gasteiger partial charge on any atom is 0.220 e. The number of nitrogens with one attached hydrogen (secondary N) is 3. The molecule has 1 amide bonds. The highest BCUT2D eigenvalue weighted by molar-refractivity contribution is 5.80. The Morgan fingerprint density at radius 1 is 1.04 bits per heavy atom. The highest BCUT2D eigenvalue weighted by Crippen LogP contribution is 2.29. The smallest absolute Gasteiger partial charge is 0.220 e. The molecule has 0 aromatic carbocycles. The number of carbonyl (C=O) groups excluding carboxylic acids is 1. The summed E-state index contributed by atoms with van der Waals surface area (Å²) in [5.74, 6) is 2.74. The van der Waals surface area contributed by atoms with Crippen molar-refractivity contribution < 1.29 is 4.79 Å². The SMILES string of the molecule is CN=C(NCCCC(=O)NC1CC1)NC1CCC(C(C)C)CC1. The van der Waals surface area contributed by atoms with Gasteiger partial charge in [0, 0.05) is 32.1 Å². The minimum absolute atomic E-state index is 0.184. The van der Waals surface area contributed by atoms with E-state index in [-0.39, 0.29) is 5.91 Å². The van der Waals surface area contributed by atoms with Crippen LogP contribution in [0.5, 0.6) is 0 Å². The van der Waals surface area contributed by atoms with Gasteiger partial charge in [0.15, 0.2) is 5.96 Å². The van der Waals surface area contributed by atoms with Crippen LogP contribution in [0.1, 0.15) is 65.2 Å². The summed E-state index contributed by atoms with van der Waals surface area (Å²) >= 11 is 0. The average molecular weight is 322 g/mol. The van der Waals surface area contributed by atoms with Crippen LogP contribution in [0.4, 0.5) is 0 Å². The lowest BCUT2D eigenvalue weighted by molar-refractivity contribution is -0.121. The zero-order chi connectivity index (χ0) is 16.7. The minimum Gasteiger partial charge on any atom is -0.356 e. The zero-order valence-corrected chi connectivity index (χ0v) is 15.0. The molecule has 0 saturated heterocycles. The van der Waals surface area contributed by atoms with Crippen molar-refractivity contribution in [3.63, 3.8) is 0 Å². The first-order valence-electron chi connectivity index (χ1n) is 9.35. The normalized spacial score (nSPS) is 25.3. The van der Waals surface area contributed by atoms with E-state index in [0.29, 0.717) is 18.5 Å². The van der Waals surface area contributed by atoms with E-state index < -0.39 is 0 Å². The largest absolute Gasteiger partial charge is 0.356 e. The summed E-state index contributed by atoms with van der Waals surface area (Å²) in [6.07, 6.45) is 8.83. The first kappa shape index (κ1) is 18.1. The van der Waals surface area contributed by atoms with Gasteiger partial charge in [0.1, 0.15) is 0 Å². The summed E-state index contributed by atoms with van der Waals surface area (Å²) in [7, 11) is 1.81. The number of nitrogens with zero attached hydrogens (tertiary/aromatic N) is 1. The molecule has 23 heavy (non-hydrogen) atoms. The Morgan fingerprint density at radius 2 is 1.65 bits per heavy atom. The van der Waals surface area contributed by atoms with E-state index in [2.05, 4.69) is 34.8 Å². The van der Waals surface area contributed by atoms with Gasteiger partial charge in [-0.25, -0.2) is 0 Å². The van der Waals surface area contributed by atoms with Crippen molar-refractivity contribution in [3.8, 4) is 0 Å². The summed E-state index contributed by atoms with van der Waals surface area (Å²) in [6, 6.07) is 1.00. The molecule has 2 rings (SSSR count). The maximum atomic E-state index is 11.6. The zero-order valence-electron chi connectivity index (χ0n) is 15.0. The Balaban J connectivity index is 1.57. The van der Waals surface area contributed by atoms with Crippen LogP contribution in [0.15, 0.2) is 4.99 Å². The van der Waals surface area contributed by atoms with E-state index in [0.717, 1.165) is 43.6 Å². The Hall–Kier alpha value is -1.26. The summed E-state index contributed by atoms with van der Waals surface area (Å²) < 4.78 is 0. The molecule has 2 aliphatic rings. The Kier molecular flexibility index (Phi) is 7.18. The molecule has 0 heterocycles. The molecule has 0 bridgehead atoms. The molecule has 2 saturated carbocycles. The molecule has 5 nitrogen and oxygen atoms in total. The van der Waals surface area contributed by atoms with Gasteiger partial charge in [-0.05, 0) is 56.8 Å². The molecule has 0 aromatic heterocycles. The van der Waals surface area contributed by atoms with Crippen LogP contribution in [-0.4, -0.2) is 37.5 Å². The Bertz CT molecular complexity index is 396. The number of carbonyl (C=O) groups is 1. The number of hydrogen-bond acceptors (Lipinski definition) is 2. The van der Waals surface area contributed by atoms with Gasteiger partial charge >= 0.3 is 0 Å². The van der Waals surface area contributed by atoms with Crippen molar-refractivity contribution in [2.45, 2.75) is 77.3 Å². The molecule has 2 fully saturated rings. The summed E-state index contributed by atoms with van der Waals surface area (Å²) in [5, 5.41) is 9.89. The molecule has 0 spiro atoms. The number of amides is 1. The summed E-state index contributed by atoms with van der Waals surface area (Å²) in [4.78, 5) is 15.9. The first-order chi connectivity index (χ1) is 11.1. The molecular formula is C18H34N4O. The summed E-state index contributed by atoms with van der Waals surface area (Å²) in [5.41, 5.74) is 0. The van der Waals surface area contributed by atoms with E-state index in [1.54, 1.807) is 0 Å². The average Bonchev–Trinajstić information content (AvgIpc) is 3.34. The van der Waals surface area contributed by atoms with Gasteiger partial charge in [0.2, 0.25) is 5.91 Å². The first-order valence-corrected chi connectivity index (χ1v) is 9.35. The van der Waals surface area contributed by atoms with Crippen LogP contribution in [0.2, 0.25) is 0 Å². The second-order valence-electron chi connectivity index (χ2n) is 7.44. The van der Waals surface area contributed by atoms with Crippen molar-refractivity contribution in [2.75, 3.05) is 13.6 Å². The fourth-order valence-electron chi connectivity index (χ4n) is 3.30.